The van der Waals surface area contributed by atoms with Crippen molar-refractivity contribution in [2.75, 3.05) is 6.54 Å². The molecule has 0 heterocycles. The van der Waals surface area contributed by atoms with E-state index in [1.165, 1.54) is 0 Å². The lowest BCUT2D eigenvalue weighted by Gasteiger charge is -2.03. The van der Waals surface area contributed by atoms with Crippen molar-refractivity contribution < 1.29 is 0 Å². The Labute approximate surface area is 57.8 Å². The SMILES string of the molecule is CC#CCCNC(C)C. The minimum Gasteiger partial charge on any atom is -0.314 e. The highest BCUT2D eigenvalue weighted by atomic mass is 14.9. The number of rotatable bonds is 3. The van der Waals surface area contributed by atoms with Gasteiger partial charge in [0, 0.05) is 19.0 Å². The fourth-order valence-corrected chi connectivity index (χ4v) is 0.548. The van der Waals surface area contributed by atoms with Gasteiger partial charge in [-0.15, -0.1) is 11.8 Å². The van der Waals surface area contributed by atoms with Crippen LogP contribution in [0.1, 0.15) is 27.2 Å². The highest BCUT2D eigenvalue weighted by molar-refractivity contribution is 4.95. The predicted molar refractivity (Wildman–Crippen MR) is 41.2 cm³/mol. The second-order valence-electron chi connectivity index (χ2n) is 2.29. The first-order chi connectivity index (χ1) is 4.27. The van der Waals surface area contributed by atoms with Gasteiger partial charge in [-0.05, 0) is 6.92 Å². The summed E-state index contributed by atoms with van der Waals surface area (Å²) >= 11 is 0. The average molecular weight is 125 g/mol. The van der Waals surface area contributed by atoms with Gasteiger partial charge < -0.3 is 5.32 Å². The Hall–Kier alpha value is -0.480. The van der Waals surface area contributed by atoms with Crippen LogP contribution in [0.3, 0.4) is 0 Å². The summed E-state index contributed by atoms with van der Waals surface area (Å²) in [5.41, 5.74) is 0. The molecule has 1 N–H and O–H groups in total. The summed E-state index contributed by atoms with van der Waals surface area (Å²) in [5, 5.41) is 3.28. The van der Waals surface area contributed by atoms with Crippen LogP contribution in [-0.4, -0.2) is 12.6 Å². The quantitative estimate of drug-likeness (QED) is 0.444. The van der Waals surface area contributed by atoms with Crippen LogP contribution < -0.4 is 5.32 Å². The van der Waals surface area contributed by atoms with Crippen molar-refractivity contribution in [3.8, 4) is 11.8 Å². The number of nitrogens with one attached hydrogen (secondary N) is 1. The zero-order chi connectivity index (χ0) is 7.11. The van der Waals surface area contributed by atoms with Crippen molar-refractivity contribution in [2.24, 2.45) is 0 Å². The molecule has 0 unspecified atom stereocenters. The maximum atomic E-state index is 3.28. The van der Waals surface area contributed by atoms with E-state index in [1.807, 2.05) is 6.92 Å². The van der Waals surface area contributed by atoms with Crippen molar-refractivity contribution in [3.63, 3.8) is 0 Å². The zero-order valence-electron chi connectivity index (χ0n) is 6.49. The Morgan fingerprint density at radius 1 is 1.44 bits per heavy atom. The smallest absolute Gasteiger partial charge is 0.0214 e. The first kappa shape index (κ1) is 8.52. The molecule has 0 amide bonds. The first-order valence-electron chi connectivity index (χ1n) is 3.40. The molecule has 0 aliphatic heterocycles. The van der Waals surface area contributed by atoms with Gasteiger partial charge in [-0.1, -0.05) is 13.8 Å². The highest BCUT2D eigenvalue weighted by Crippen LogP contribution is 1.77. The van der Waals surface area contributed by atoms with Gasteiger partial charge >= 0.3 is 0 Å². The van der Waals surface area contributed by atoms with Crippen LogP contribution in [0.4, 0.5) is 0 Å². The van der Waals surface area contributed by atoms with Gasteiger partial charge in [-0.25, -0.2) is 0 Å². The maximum Gasteiger partial charge on any atom is 0.0214 e. The van der Waals surface area contributed by atoms with E-state index in [2.05, 4.69) is 31.0 Å². The first-order valence-corrected chi connectivity index (χ1v) is 3.40. The van der Waals surface area contributed by atoms with Crippen LogP contribution >= 0.6 is 0 Å². The minimum atomic E-state index is 0.587. The van der Waals surface area contributed by atoms with Gasteiger partial charge in [0.2, 0.25) is 0 Å². The van der Waals surface area contributed by atoms with Gasteiger partial charge in [-0.2, -0.15) is 0 Å². The molecule has 0 saturated carbocycles. The molecule has 0 bridgehead atoms. The fourth-order valence-electron chi connectivity index (χ4n) is 0.548. The van der Waals surface area contributed by atoms with Gasteiger partial charge in [0.1, 0.15) is 0 Å². The summed E-state index contributed by atoms with van der Waals surface area (Å²) < 4.78 is 0. The van der Waals surface area contributed by atoms with Crippen LogP contribution in [0, 0.1) is 11.8 Å². The van der Waals surface area contributed by atoms with E-state index in [-0.39, 0.29) is 0 Å². The summed E-state index contributed by atoms with van der Waals surface area (Å²) in [4.78, 5) is 0. The van der Waals surface area contributed by atoms with Crippen molar-refractivity contribution in [1.82, 2.24) is 5.32 Å². The monoisotopic (exact) mass is 125 g/mol. The lowest BCUT2D eigenvalue weighted by Crippen LogP contribution is -2.23. The molecule has 0 aliphatic rings. The van der Waals surface area contributed by atoms with E-state index in [0.717, 1.165) is 13.0 Å². The number of hydrogen-bond acceptors (Lipinski definition) is 1. The van der Waals surface area contributed by atoms with E-state index >= 15 is 0 Å². The Morgan fingerprint density at radius 3 is 2.56 bits per heavy atom. The molecule has 0 atom stereocenters. The standard InChI is InChI=1S/C8H15N/c1-4-5-6-7-9-8(2)3/h8-9H,6-7H2,1-3H3. The normalized spacial score (nSPS) is 8.89. The molecule has 0 spiro atoms. The molecule has 0 fully saturated rings. The predicted octanol–water partition coefficient (Wildman–Crippen LogP) is 1.40. The van der Waals surface area contributed by atoms with E-state index < -0.39 is 0 Å². The molecule has 1 nitrogen and oxygen atoms in total. The van der Waals surface area contributed by atoms with Crippen LogP contribution in [0.5, 0.6) is 0 Å². The lowest BCUT2D eigenvalue weighted by atomic mass is 10.3. The van der Waals surface area contributed by atoms with Gasteiger partial charge in [0.25, 0.3) is 0 Å². The van der Waals surface area contributed by atoms with E-state index in [4.69, 9.17) is 0 Å². The van der Waals surface area contributed by atoms with E-state index in [0.29, 0.717) is 6.04 Å². The molecule has 0 aromatic heterocycles. The molecular formula is C8H15N. The van der Waals surface area contributed by atoms with Crippen molar-refractivity contribution >= 4 is 0 Å². The third kappa shape index (κ3) is 7.52. The van der Waals surface area contributed by atoms with Crippen molar-refractivity contribution in [2.45, 2.75) is 33.2 Å². The third-order valence-electron chi connectivity index (χ3n) is 0.979. The third-order valence-corrected chi connectivity index (χ3v) is 0.979. The molecular weight excluding hydrogens is 110 g/mol. The van der Waals surface area contributed by atoms with Gasteiger partial charge in [-0.3, -0.25) is 0 Å². The lowest BCUT2D eigenvalue weighted by molar-refractivity contribution is 0.598. The molecule has 9 heavy (non-hydrogen) atoms. The van der Waals surface area contributed by atoms with Crippen LogP contribution in [0.2, 0.25) is 0 Å². The molecule has 52 valence electrons. The molecule has 0 rings (SSSR count). The highest BCUT2D eigenvalue weighted by Gasteiger charge is 1.86. The van der Waals surface area contributed by atoms with Crippen LogP contribution in [0.15, 0.2) is 0 Å². The molecule has 0 aromatic rings. The van der Waals surface area contributed by atoms with Gasteiger partial charge in [0.15, 0.2) is 0 Å². The van der Waals surface area contributed by atoms with Gasteiger partial charge in [0.05, 0.1) is 0 Å². The summed E-state index contributed by atoms with van der Waals surface area (Å²) in [5.74, 6) is 5.84. The largest absolute Gasteiger partial charge is 0.314 e. The van der Waals surface area contributed by atoms with Crippen molar-refractivity contribution in [3.05, 3.63) is 0 Å². The van der Waals surface area contributed by atoms with Crippen molar-refractivity contribution in [1.29, 1.82) is 0 Å². The Kier molecular flexibility index (Phi) is 5.35. The van der Waals surface area contributed by atoms with Crippen LogP contribution in [0.25, 0.3) is 0 Å². The van der Waals surface area contributed by atoms with Crippen LogP contribution in [-0.2, 0) is 0 Å². The van der Waals surface area contributed by atoms with E-state index in [9.17, 15) is 0 Å². The number of hydrogen-bond donors (Lipinski definition) is 1. The zero-order valence-corrected chi connectivity index (χ0v) is 6.49. The Morgan fingerprint density at radius 2 is 2.11 bits per heavy atom. The topological polar surface area (TPSA) is 12.0 Å². The van der Waals surface area contributed by atoms with E-state index in [1.54, 1.807) is 0 Å². The average Bonchev–Trinajstić information content (AvgIpc) is 1.80. The molecule has 1 heteroatoms. The summed E-state index contributed by atoms with van der Waals surface area (Å²) in [6.07, 6.45) is 0.967. The summed E-state index contributed by atoms with van der Waals surface area (Å²) in [7, 11) is 0. The summed E-state index contributed by atoms with van der Waals surface area (Å²) in [6.45, 7) is 7.16. The minimum absolute atomic E-state index is 0.587. The second-order valence-corrected chi connectivity index (χ2v) is 2.29. The summed E-state index contributed by atoms with van der Waals surface area (Å²) in [6, 6.07) is 0.587. The Bertz CT molecular complexity index is 105. The molecule has 0 saturated heterocycles. The Balaban J connectivity index is 2.98. The molecule has 0 aliphatic carbocycles. The molecule has 0 aromatic carbocycles. The second kappa shape index (κ2) is 5.65. The maximum absolute atomic E-state index is 3.28. The fraction of sp³-hybridized carbons (Fsp3) is 0.750. The molecule has 0 radical (unpaired) electrons.